The highest BCUT2D eigenvalue weighted by molar-refractivity contribution is 5.31. The number of hydrogen-bond acceptors (Lipinski definition) is 1. The van der Waals surface area contributed by atoms with E-state index in [9.17, 15) is 30.7 Å². The normalized spacial score (nSPS) is 14.1. The van der Waals surface area contributed by atoms with E-state index in [0.29, 0.717) is 0 Å². The fourth-order valence-corrected chi connectivity index (χ4v) is 1.52. The maximum absolute atomic E-state index is 13.1. The maximum Gasteiger partial charge on any atom is 0.460 e. The van der Waals surface area contributed by atoms with Gasteiger partial charge >= 0.3 is 18.0 Å². The number of alkyl halides is 7. The summed E-state index contributed by atoms with van der Waals surface area (Å²) in [6, 6.07) is 5.52. The molecule has 0 atom stereocenters. The lowest BCUT2D eigenvalue weighted by Gasteiger charge is -2.28. The van der Waals surface area contributed by atoms with Crippen LogP contribution in [0.15, 0.2) is 24.3 Å². The van der Waals surface area contributed by atoms with E-state index in [1.54, 1.807) is 0 Å². The van der Waals surface area contributed by atoms with Gasteiger partial charge in [-0.2, -0.15) is 30.7 Å². The Bertz CT molecular complexity index is 497. The molecule has 22 heavy (non-hydrogen) atoms. The van der Waals surface area contributed by atoms with E-state index in [4.69, 9.17) is 0 Å². The summed E-state index contributed by atoms with van der Waals surface area (Å²) in [4.78, 5) is 0. The van der Waals surface area contributed by atoms with Crippen LogP contribution < -0.4 is 4.74 Å². The zero-order valence-electron chi connectivity index (χ0n) is 12.1. The van der Waals surface area contributed by atoms with Crippen molar-refractivity contribution < 1.29 is 35.5 Å². The van der Waals surface area contributed by atoms with Gasteiger partial charge in [0.25, 0.3) is 0 Å². The highest BCUT2D eigenvalue weighted by Crippen LogP contribution is 2.46. The Morgan fingerprint density at radius 2 is 1.27 bits per heavy atom. The molecular weight excluding hydrogens is 317 g/mol. The monoisotopic (exact) mass is 332 g/mol. The van der Waals surface area contributed by atoms with E-state index in [0.717, 1.165) is 5.56 Å². The standard InChI is InChI=1S/C14H15F7O/c1-11(2,3)9-4-6-10(7-5-9)22-8-12(15,16)13(17,18)14(19,20)21/h4-7H,8H2,1-3H3. The van der Waals surface area contributed by atoms with Crippen molar-refractivity contribution in [2.75, 3.05) is 6.61 Å². The lowest BCUT2D eigenvalue weighted by molar-refractivity contribution is -0.358. The Morgan fingerprint density at radius 3 is 1.64 bits per heavy atom. The summed E-state index contributed by atoms with van der Waals surface area (Å²) in [6.45, 7) is 3.59. The molecule has 1 aromatic carbocycles. The number of rotatable bonds is 4. The van der Waals surface area contributed by atoms with Crippen LogP contribution in [0.2, 0.25) is 0 Å². The van der Waals surface area contributed by atoms with E-state index < -0.39 is 24.6 Å². The number of benzene rings is 1. The Balaban J connectivity index is 2.81. The maximum atomic E-state index is 13.1. The molecule has 1 rings (SSSR count). The van der Waals surface area contributed by atoms with Crippen LogP contribution in [0.1, 0.15) is 26.3 Å². The van der Waals surface area contributed by atoms with Crippen LogP contribution >= 0.6 is 0 Å². The molecule has 8 heteroatoms. The van der Waals surface area contributed by atoms with Crippen molar-refractivity contribution in [2.45, 2.75) is 44.2 Å². The molecule has 0 unspecified atom stereocenters. The van der Waals surface area contributed by atoms with Gasteiger partial charge in [0.1, 0.15) is 5.75 Å². The molecule has 0 spiro atoms. The fraction of sp³-hybridized carbons (Fsp3) is 0.571. The summed E-state index contributed by atoms with van der Waals surface area (Å²) in [7, 11) is 0. The fourth-order valence-electron chi connectivity index (χ4n) is 1.52. The second-order valence-corrected chi connectivity index (χ2v) is 5.84. The molecule has 1 aromatic rings. The first-order valence-electron chi connectivity index (χ1n) is 6.24. The molecule has 0 heterocycles. The molecule has 0 aliphatic heterocycles. The Labute approximate surface area is 123 Å². The predicted molar refractivity (Wildman–Crippen MR) is 66.6 cm³/mol. The molecule has 0 saturated carbocycles. The molecule has 126 valence electrons. The Morgan fingerprint density at radius 1 is 0.818 bits per heavy atom. The quantitative estimate of drug-likeness (QED) is 0.689. The van der Waals surface area contributed by atoms with Crippen LogP contribution in [-0.2, 0) is 5.41 Å². The van der Waals surface area contributed by atoms with Gasteiger partial charge in [-0.05, 0) is 23.1 Å². The second-order valence-electron chi connectivity index (χ2n) is 5.84. The van der Waals surface area contributed by atoms with Crippen molar-refractivity contribution in [1.82, 2.24) is 0 Å². The lowest BCUT2D eigenvalue weighted by Crippen LogP contribution is -2.54. The molecule has 0 radical (unpaired) electrons. The lowest BCUT2D eigenvalue weighted by atomic mass is 9.87. The van der Waals surface area contributed by atoms with E-state index in [1.807, 2.05) is 20.8 Å². The minimum absolute atomic E-state index is 0.217. The Hall–Kier alpha value is -1.47. The van der Waals surface area contributed by atoms with Crippen LogP contribution in [0.25, 0.3) is 0 Å². The van der Waals surface area contributed by atoms with Gasteiger partial charge in [0.15, 0.2) is 6.61 Å². The third-order valence-corrected chi connectivity index (χ3v) is 2.96. The van der Waals surface area contributed by atoms with Crippen molar-refractivity contribution >= 4 is 0 Å². The smallest absolute Gasteiger partial charge is 0.460 e. The number of ether oxygens (including phenoxy) is 1. The topological polar surface area (TPSA) is 9.23 Å². The van der Waals surface area contributed by atoms with Crippen LogP contribution in [0.5, 0.6) is 5.75 Å². The van der Waals surface area contributed by atoms with Crippen molar-refractivity contribution in [3.63, 3.8) is 0 Å². The third-order valence-electron chi connectivity index (χ3n) is 2.96. The molecular formula is C14H15F7O. The van der Waals surface area contributed by atoms with Crippen molar-refractivity contribution in [3.8, 4) is 5.75 Å². The number of hydrogen-bond donors (Lipinski definition) is 0. The minimum Gasteiger partial charge on any atom is -0.487 e. The summed E-state index contributed by atoms with van der Waals surface area (Å²) in [5.74, 6) is -11.7. The van der Waals surface area contributed by atoms with Gasteiger partial charge in [-0.1, -0.05) is 32.9 Å². The first-order valence-corrected chi connectivity index (χ1v) is 6.24. The van der Waals surface area contributed by atoms with Gasteiger partial charge < -0.3 is 4.74 Å². The third kappa shape index (κ3) is 3.84. The van der Waals surface area contributed by atoms with Gasteiger partial charge in [-0.3, -0.25) is 0 Å². The molecule has 0 aromatic heterocycles. The largest absolute Gasteiger partial charge is 0.487 e. The molecule has 0 amide bonds. The molecule has 0 saturated heterocycles. The van der Waals surface area contributed by atoms with Crippen molar-refractivity contribution in [1.29, 1.82) is 0 Å². The van der Waals surface area contributed by atoms with Gasteiger partial charge in [-0.25, -0.2) is 0 Å². The van der Waals surface area contributed by atoms with E-state index in [1.165, 1.54) is 24.3 Å². The van der Waals surface area contributed by atoms with Gasteiger partial charge in [0, 0.05) is 0 Å². The molecule has 1 nitrogen and oxygen atoms in total. The summed E-state index contributed by atoms with van der Waals surface area (Å²) in [5, 5.41) is 0. The first-order chi connectivity index (χ1) is 9.68. The number of halogens is 7. The predicted octanol–water partition coefficient (Wildman–Crippen LogP) is 5.20. The average Bonchev–Trinajstić information content (AvgIpc) is 2.34. The van der Waals surface area contributed by atoms with Crippen LogP contribution in [-0.4, -0.2) is 24.6 Å². The molecule has 0 N–H and O–H groups in total. The average molecular weight is 332 g/mol. The summed E-state index contributed by atoms with van der Waals surface area (Å²) in [6.07, 6.45) is -6.35. The van der Waals surface area contributed by atoms with Gasteiger partial charge in [0.05, 0.1) is 0 Å². The molecule has 0 bridgehead atoms. The minimum atomic E-state index is -6.35. The highest BCUT2D eigenvalue weighted by Gasteiger charge is 2.73. The van der Waals surface area contributed by atoms with Crippen molar-refractivity contribution in [2.24, 2.45) is 0 Å². The van der Waals surface area contributed by atoms with E-state index >= 15 is 0 Å². The summed E-state index contributed by atoms with van der Waals surface area (Å²) >= 11 is 0. The Kier molecular flexibility index (Phi) is 4.75. The van der Waals surface area contributed by atoms with Gasteiger partial charge in [-0.15, -0.1) is 0 Å². The summed E-state index contributed by atoms with van der Waals surface area (Å²) < 4.78 is 91.7. The summed E-state index contributed by atoms with van der Waals surface area (Å²) in [5.41, 5.74) is 0.596. The molecule has 0 aliphatic carbocycles. The SMILES string of the molecule is CC(C)(C)c1ccc(OCC(F)(F)C(F)(F)C(F)(F)F)cc1. The zero-order chi connectivity index (χ0) is 17.4. The molecule has 0 aliphatic rings. The van der Waals surface area contributed by atoms with E-state index in [-0.39, 0.29) is 11.2 Å². The van der Waals surface area contributed by atoms with E-state index in [2.05, 4.69) is 4.74 Å². The van der Waals surface area contributed by atoms with Crippen LogP contribution in [0.3, 0.4) is 0 Å². The van der Waals surface area contributed by atoms with Gasteiger partial charge in [0.2, 0.25) is 0 Å². The second kappa shape index (κ2) is 5.62. The highest BCUT2D eigenvalue weighted by atomic mass is 19.4. The zero-order valence-corrected chi connectivity index (χ0v) is 12.1. The van der Waals surface area contributed by atoms with Crippen LogP contribution in [0.4, 0.5) is 30.7 Å². The van der Waals surface area contributed by atoms with Crippen molar-refractivity contribution in [3.05, 3.63) is 29.8 Å². The molecule has 0 fully saturated rings. The first kappa shape index (κ1) is 18.6. The van der Waals surface area contributed by atoms with Crippen LogP contribution in [0, 0.1) is 0 Å².